The fourth-order valence-electron chi connectivity index (χ4n) is 3.32. The third-order valence-electron chi connectivity index (χ3n) is 5.06. The number of benzene rings is 2. The monoisotopic (exact) mass is 394 g/mol. The summed E-state index contributed by atoms with van der Waals surface area (Å²) in [5, 5.41) is 6.30. The molecule has 1 heterocycles. The third kappa shape index (κ3) is 6.14. The second-order valence-electron chi connectivity index (χ2n) is 7.09. The van der Waals surface area contributed by atoms with E-state index in [0.717, 1.165) is 50.5 Å². The molecule has 154 valence electrons. The largest absolute Gasteiger partial charge is 0.379 e. The second-order valence-corrected chi connectivity index (χ2v) is 7.09. The van der Waals surface area contributed by atoms with Crippen molar-refractivity contribution >= 4 is 17.6 Å². The third-order valence-corrected chi connectivity index (χ3v) is 5.06. The van der Waals surface area contributed by atoms with Gasteiger partial charge in [0.05, 0.1) is 19.8 Å². The molecule has 2 N–H and O–H groups in total. The zero-order valence-corrected chi connectivity index (χ0v) is 17.3. The Kier molecular flexibility index (Phi) is 7.78. The molecular weight excluding hydrogens is 364 g/mol. The molecule has 6 heteroatoms. The fourth-order valence-corrected chi connectivity index (χ4v) is 3.32. The molecule has 3 rings (SSSR count). The molecule has 0 aromatic heterocycles. The van der Waals surface area contributed by atoms with Crippen molar-refractivity contribution in [1.29, 1.82) is 0 Å². The lowest BCUT2D eigenvalue weighted by molar-refractivity contribution is 0.0394. The number of aryl methyl sites for hydroxylation is 2. The van der Waals surface area contributed by atoms with Crippen LogP contribution < -0.4 is 10.6 Å². The van der Waals surface area contributed by atoms with E-state index in [1.165, 1.54) is 5.56 Å². The molecule has 1 aliphatic rings. The summed E-state index contributed by atoms with van der Waals surface area (Å²) in [6.07, 6.45) is 0.899. The van der Waals surface area contributed by atoms with Crippen molar-refractivity contribution in [3.63, 3.8) is 0 Å². The van der Waals surface area contributed by atoms with Crippen LogP contribution >= 0.6 is 0 Å². The van der Waals surface area contributed by atoms with Gasteiger partial charge in [-0.05, 0) is 36.6 Å². The number of para-hydroxylation sites is 1. The highest BCUT2D eigenvalue weighted by molar-refractivity contribution is 6.10. The molecule has 0 aliphatic carbocycles. The molecule has 1 fully saturated rings. The average Bonchev–Trinajstić information content (AvgIpc) is 2.75. The number of carbonyl (C=O) groups is 1. The SMILES string of the molecule is CCc1ccccc1NC(=NCCN1CCOCC1)NC(=O)c1ccccc1C. The first-order chi connectivity index (χ1) is 14.2. The van der Waals surface area contributed by atoms with Crippen molar-refractivity contribution in [2.75, 3.05) is 44.7 Å². The first-order valence-electron chi connectivity index (χ1n) is 10.2. The van der Waals surface area contributed by atoms with E-state index < -0.39 is 0 Å². The molecule has 1 saturated heterocycles. The summed E-state index contributed by atoms with van der Waals surface area (Å²) in [4.78, 5) is 19.8. The van der Waals surface area contributed by atoms with E-state index in [-0.39, 0.29) is 5.91 Å². The molecule has 1 amide bonds. The Bertz CT molecular complexity index is 844. The van der Waals surface area contributed by atoms with Gasteiger partial charge in [0.15, 0.2) is 0 Å². The normalized spacial score (nSPS) is 15.2. The molecule has 0 spiro atoms. The number of anilines is 1. The predicted molar refractivity (Wildman–Crippen MR) is 118 cm³/mol. The van der Waals surface area contributed by atoms with Crippen molar-refractivity contribution in [3.05, 3.63) is 65.2 Å². The van der Waals surface area contributed by atoms with Crippen molar-refractivity contribution in [1.82, 2.24) is 10.2 Å². The molecule has 0 saturated carbocycles. The summed E-state index contributed by atoms with van der Waals surface area (Å²) < 4.78 is 5.40. The molecule has 29 heavy (non-hydrogen) atoms. The Hall–Kier alpha value is -2.70. The quantitative estimate of drug-likeness (QED) is 0.584. The van der Waals surface area contributed by atoms with Crippen molar-refractivity contribution < 1.29 is 9.53 Å². The van der Waals surface area contributed by atoms with Crippen LogP contribution in [0.5, 0.6) is 0 Å². The van der Waals surface area contributed by atoms with E-state index in [1.54, 1.807) is 0 Å². The minimum absolute atomic E-state index is 0.158. The number of hydrogen-bond donors (Lipinski definition) is 2. The highest BCUT2D eigenvalue weighted by atomic mass is 16.5. The van der Waals surface area contributed by atoms with Crippen LogP contribution in [-0.2, 0) is 11.2 Å². The Labute approximate surface area is 173 Å². The van der Waals surface area contributed by atoms with Gasteiger partial charge in [-0.2, -0.15) is 0 Å². The standard InChI is InChI=1S/C23H30N4O2/c1-3-19-9-5-7-11-21(19)25-23(24-12-13-27-14-16-29-17-15-27)26-22(28)20-10-6-4-8-18(20)2/h4-11H,3,12-17H2,1-2H3,(H2,24,25,26,28). The number of morpholine rings is 1. The zero-order valence-electron chi connectivity index (χ0n) is 17.3. The van der Waals surface area contributed by atoms with Gasteiger partial charge in [0.1, 0.15) is 0 Å². The van der Waals surface area contributed by atoms with Crippen molar-refractivity contribution in [2.24, 2.45) is 4.99 Å². The molecule has 6 nitrogen and oxygen atoms in total. The van der Waals surface area contributed by atoms with Crippen LogP contribution in [-0.4, -0.2) is 56.2 Å². The van der Waals surface area contributed by atoms with Gasteiger partial charge < -0.3 is 10.1 Å². The predicted octanol–water partition coefficient (Wildman–Crippen LogP) is 3.09. The van der Waals surface area contributed by atoms with Gasteiger partial charge in [0.25, 0.3) is 5.91 Å². The Morgan fingerprint density at radius 1 is 1.10 bits per heavy atom. The van der Waals surface area contributed by atoms with Crippen LogP contribution in [0.2, 0.25) is 0 Å². The molecule has 0 unspecified atom stereocenters. The molecule has 2 aromatic carbocycles. The van der Waals surface area contributed by atoms with Crippen LogP contribution in [0.3, 0.4) is 0 Å². The van der Waals surface area contributed by atoms with Crippen molar-refractivity contribution in [2.45, 2.75) is 20.3 Å². The number of carbonyl (C=O) groups excluding carboxylic acids is 1. The van der Waals surface area contributed by atoms with E-state index in [4.69, 9.17) is 4.74 Å². The molecular formula is C23H30N4O2. The lowest BCUT2D eigenvalue weighted by Crippen LogP contribution is -2.39. The Morgan fingerprint density at radius 2 is 1.83 bits per heavy atom. The van der Waals surface area contributed by atoms with Gasteiger partial charge in [-0.25, -0.2) is 0 Å². The lowest BCUT2D eigenvalue weighted by atomic mass is 10.1. The maximum Gasteiger partial charge on any atom is 0.258 e. The number of nitrogens with one attached hydrogen (secondary N) is 2. The highest BCUT2D eigenvalue weighted by Gasteiger charge is 2.13. The molecule has 0 atom stereocenters. The summed E-state index contributed by atoms with van der Waals surface area (Å²) in [5.74, 6) is 0.321. The number of amides is 1. The topological polar surface area (TPSA) is 66.0 Å². The van der Waals surface area contributed by atoms with Crippen LogP contribution in [0, 0.1) is 6.92 Å². The first-order valence-corrected chi connectivity index (χ1v) is 10.2. The van der Waals surface area contributed by atoms with Gasteiger partial charge in [-0.15, -0.1) is 0 Å². The van der Waals surface area contributed by atoms with E-state index >= 15 is 0 Å². The molecule has 0 radical (unpaired) electrons. The van der Waals surface area contributed by atoms with Gasteiger partial charge in [-0.3, -0.25) is 20.0 Å². The van der Waals surface area contributed by atoms with E-state index in [2.05, 4.69) is 33.5 Å². The maximum atomic E-state index is 12.8. The van der Waals surface area contributed by atoms with Crippen LogP contribution in [0.15, 0.2) is 53.5 Å². The summed E-state index contributed by atoms with van der Waals surface area (Å²) >= 11 is 0. The maximum absolute atomic E-state index is 12.8. The first kappa shape index (κ1) is 21.0. The van der Waals surface area contributed by atoms with E-state index in [0.29, 0.717) is 18.1 Å². The molecule has 1 aliphatic heterocycles. The molecule has 2 aromatic rings. The van der Waals surface area contributed by atoms with Crippen LogP contribution in [0.1, 0.15) is 28.4 Å². The minimum Gasteiger partial charge on any atom is -0.379 e. The molecule has 0 bridgehead atoms. The number of aliphatic imine (C=N–C) groups is 1. The van der Waals surface area contributed by atoms with Crippen LogP contribution in [0.4, 0.5) is 5.69 Å². The fraction of sp³-hybridized carbons (Fsp3) is 0.391. The number of rotatable bonds is 6. The smallest absolute Gasteiger partial charge is 0.258 e. The number of guanidine groups is 1. The summed E-state index contributed by atoms with van der Waals surface area (Å²) in [6, 6.07) is 15.7. The number of nitrogens with zero attached hydrogens (tertiary/aromatic N) is 2. The summed E-state index contributed by atoms with van der Waals surface area (Å²) in [5.41, 5.74) is 3.73. The second kappa shape index (κ2) is 10.7. The number of ether oxygens (including phenoxy) is 1. The summed E-state index contributed by atoms with van der Waals surface area (Å²) in [7, 11) is 0. The highest BCUT2D eigenvalue weighted by Crippen LogP contribution is 2.15. The number of hydrogen-bond acceptors (Lipinski definition) is 4. The van der Waals surface area contributed by atoms with E-state index in [1.807, 2.05) is 49.4 Å². The van der Waals surface area contributed by atoms with Crippen LogP contribution in [0.25, 0.3) is 0 Å². The van der Waals surface area contributed by atoms with Gasteiger partial charge >= 0.3 is 0 Å². The lowest BCUT2D eigenvalue weighted by Gasteiger charge is -2.25. The van der Waals surface area contributed by atoms with Gasteiger partial charge in [0.2, 0.25) is 5.96 Å². The van der Waals surface area contributed by atoms with Gasteiger partial charge in [0, 0.05) is 30.9 Å². The van der Waals surface area contributed by atoms with E-state index in [9.17, 15) is 4.79 Å². The average molecular weight is 395 g/mol. The summed E-state index contributed by atoms with van der Waals surface area (Å²) in [6.45, 7) is 8.87. The zero-order chi connectivity index (χ0) is 20.5. The minimum atomic E-state index is -0.158. The Morgan fingerprint density at radius 3 is 2.59 bits per heavy atom. The van der Waals surface area contributed by atoms with Gasteiger partial charge in [-0.1, -0.05) is 43.3 Å². The van der Waals surface area contributed by atoms with Crippen molar-refractivity contribution in [3.8, 4) is 0 Å². The Balaban J connectivity index is 1.73.